The van der Waals surface area contributed by atoms with Crippen LogP contribution in [0.4, 0.5) is 0 Å². The first kappa shape index (κ1) is 9.44. The molecule has 0 amide bonds. The first-order valence-corrected chi connectivity index (χ1v) is 5.33. The van der Waals surface area contributed by atoms with Crippen molar-refractivity contribution in [1.29, 1.82) is 0 Å². The molecule has 0 bridgehead atoms. The maximum Gasteiger partial charge on any atom is 0.0468 e. The number of hydrogen-bond donors (Lipinski definition) is 2. The molecular formula is C10H20N2O. The summed E-state index contributed by atoms with van der Waals surface area (Å²) in [7, 11) is 0. The molecule has 0 aromatic rings. The maximum atomic E-state index is 8.96. The minimum absolute atomic E-state index is 0.323. The van der Waals surface area contributed by atoms with Gasteiger partial charge in [0, 0.05) is 26.2 Å². The van der Waals surface area contributed by atoms with Crippen LogP contribution in [-0.4, -0.2) is 49.3 Å². The Kier molecular flexibility index (Phi) is 2.86. The Morgan fingerprint density at radius 1 is 1.38 bits per heavy atom. The lowest BCUT2D eigenvalue weighted by molar-refractivity contribution is 0.185. The third-order valence-corrected chi connectivity index (χ3v) is 3.35. The van der Waals surface area contributed by atoms with Gasteiger partial charge in [0.15, 0.2) is 0 Å². The van der Waals surface area contributed by atoms with E-state index in [4.69, 9.17) is 5.11 Å². The molecule has 0 aromatic heterocycles. The van der Waals surface area contributed by atoms with E-state index in [9.17, 15) is 0 Å². The molecule has 0 spiro atoms. The summed E-state index contributed by atoms with van der Waals surface area (Å²) in [5.41, 5.74) is 0. The van der Waals surface area contributed by atoms with E-state index in [1.54, 1.807) is 0 Å². The van der Waals surface area contributed by atoms with Gasteiger partial charge in [-0.1, -0.05) is 6.92 Å². The van der Waals surface area contributed by atoms with E-state index < -0.39 is 0 Å². The third kappa shape index (κ3) is 2.03. The molecule has 0 aliphatic carbocycles. The predicted molar refractivity (Wildman–Crippen MR) is 52.5 cm³/mol. The summed E-state index contributed by atoms with van der Waals surface area (Å²) in [6.45, 7) is 8.40. The summed E-state index contributed by atoms with van der Waals surface area (Å²) >= 11 is 0. The van der Waals surface area contributed by atoms with Gasteiger partial charge in [-0.25, -0.2) is 0 Å². The summed E-state index contributed by atoms with van der Waals surface area (Å²) in [5.74, 6) is 2.20. The molecule has 3 atom stereocenters. The average Bonchev–Trinajstić information content (AvgIpc) is 2.63. The van der Waals surface area contributed by atoms with E-state index in [1.807, 2.05) is 0 Å². The van der Waals surface area contributed by atoms with Crippen molar-refractivity contribution in [3.8, 4) is 0 Å². The van der Waals surface area contributed by atoms with Crippen LogP contribution in [0.5, 0.6) is 0 Å². The number of hydrogen-bond acceptors (Lipinski definition) is 3. The van der Waals surface area contributed by atoms with Gasteiger partial charge in [0.1, 0.15) is 0 Å². The molecule has 2 aliphatic heterocycles. The molecular weight excluding hydrogens is 164 g/mol. The molecule has 2 aliphatic rings. The van der Waals surface area contributed by atoms with E-state index in [-0.39, 0.29) is 0 Å². The lowest BCUT2D eigenvalue weighted by Crippen LogP contribution is -2.30. The Balaban J connectivity index is 1.78. The van der Waals surface area contributed by atoms with E-state index in [1.165, 1.54) is 26.2 Å². The largest absolute Gasteiger partial charge is 0.396 e. The van der Waals surface area contributed by atoms with Gasteiger partial charge in [-0.05, 0) is 30.8 Å². The van der Waals surface area contributed by atoms with Gasteiger partial charge in [-0.3, -0.25) is 0 Å². The highest BCUT2D eigenvalue weighted by atomic mass is 16.3. The molecule has 3 nitrogen and oxygen atoms in total. The number of nitrogens with one attached hydrogen (secondary N) is 1. The van der Waals surface area contributed by atoms with Gasteiger partial charge in [-0.2, -0.15) is 0 Å². The standard InChI is InChI=1S/C10H20N2O/c1-8(7-13)4-12-5-9-2-11-3-10(9)6-12/h8-11,13H,2-7H2,1H3/t8?,9-,10+. The van der Waals surface area contributed by atoms with Gasteiger partial charge < -0.3 is 15.3 Å². The molecule has 2 rings (SSSR count). The number of aliphatic hydroxyl groups excluding tert-OH is 1. The second-order valence-corrected chi connectivity index (χ2v) is 4.68. The van der Waals surface area contributed by atoms with Crippen molar-refractivity contribution < 1.29 is 5.11 Å². The highest BCUT2D eigenvalue weighted by Crippen LogP contribution is 2.26. The fourth-order valence-electron chi connectivity index (χ4n) is 2.60. The molecule has 2 saturated heterocycles. The Bertz CT molecular complexity index is 160. The monoisotopic (exact) mass is 184 g/mol. The zero-order valence-corrected chi connectivity index (χ0v) is 8.37. The summed E-state index contributed by atoms with van der Waals surface area (Å²) in [4.78, 5) is 2.51. The van der Waals surface area contributed by atoms with Crippen LogP contribution in [0.2, 0.25) is 0 Å². The van der Waals surface area contributed by atoms with Gasteiger partial charge in [0.2, 0.25) is 0 Å². The Hall–Kier alpha value is -0.120. The van der Waals surface area contributed by atoms with Gasteiger partial charge in [0.05, 0.1) is 0 Å². The van der Waals surface area contributed by atoms with E-state index in [2.05, 4.69) is 17.1 Å². The number of rotatable bonds is 3. The van der Waals surface area contributed by atoms with Crippen LogP contribution < -0.4 is 5.32 Å². The molecule has 3 heteroatoms. The average molecular weight is 184 g/mol. The second-order valence-electron chi connectivity index (χ2n) is 4.68. The summed E-state index contributed by atoms with van der Waals surface area (Å²) < 4.78 is 0. The molecule has 2 heterocycles. The Morgan fingerprint density at radius 2 is 2.00 bits per heavy atom. The third-order valence-electron chi connectivity index (χ3n) is 3.35. The number of fused-ring (bicyclic) bond motifs is 1. The van der Waals surface area contributed by atoms with Crippen LogP contribution >= 0.6 is 0 Å². The molecule has 2 fully saturated rings. The number of likely N-dealkylation sites (tertiary alicyclic amines) is 1. The quantitative estimate of drug-likeness (QED) is 0.636. The minimum Gasteiger partial charge on any atom is -0.396 e. The van der Waals surface area contributed by atoms with Crippen molar-refractivity contribution in [3.63, 3.8) is 0 Å². The summed E-state index contributed by atoms with van der Waals surface area (Å²) in [5, 5.41) is 12.4. The molecule has 0 aromatic carbocycles. The lowest BCUT2D eigenvalue weighted by Gasteiger charge is -2.20. The number of nitrogens with zero attached hydrogens (tertiary/aromatic N) is 1. The molecule has 1 unspecified atom stereocenters. The smallest absolute Gasteiger partial charge is 0.0468 e. The predicted octanol–water partition coefficient (Wildman–Crippen LogP) is -0.234. The van der Waals surface area contributed by atoms with Crippen molar-refractivity contribution in [2.75, 3.05) is 39.3 Å². The zero-order valence-electron chi connectivity index (χ0n) is 8.37. The number of aliphatic hydroxyl groups is 1. The van der Waals surface area contributed by atoms with Crippen LogP contribution in [-0.2, 0) is 0 Å². The van der Waals surface area contributed by atoms with E-state index in [0.29, 0.717) is 12.5 Å². The summed E-state index contributed by atoms with van der Waals surface area (Å²) in [6, 6.07) is 0. The summed E-state index contributed by atoms with van der Waals surface area (Å²) in [6.07, 6.45) is 0. The normalized spacial score (nSPS) is 36.5. The first-order valence-electron chi connectivity index (χ1n) is 5.33. The van der Waals surface area contributed by atoms with Crippen LogP contribution in [0.1, 0.15) is 6.92 Å². The van der Waals surface area contributed by atoms with Gasteiger partial charge >= 0.3 is 0 Å². The lowest BCUT2D eigenvalue weighted by atomic mass is 10.0. The fourth-order valence-corrected chi connectivity index (χ4v) is 2.60. The second kappa shape index (κ2) is 3.95. The van der Waals surface area contributed by atoms with Crippen LogP contribution in [0, 0.1) is 17.8 Å². The van der Waals surface area contributed by atoms with Crippen molar-refractivity contribution >= 4 is 0 Å². The Morgan fingerprint density at radius 3 is 2.54 bits per heavy atom. The van der Waals surface area contributed by atoms with Crippen molar-refractivity contribution in [2.45, 2.75) is 6.92 Å². The highest BCUT2D eigenvalue weighted by molar-refractivity contribution is 4.91. The molecule has 0 radical (unpaired) electrons. The molecule has 2 N–H and O–H groups in total. The molecule has 13 heavy (non-hydrogen) atoms. The zero-order chi connectivity index (χ0) is 9.26. The van der Waals surface area contributed by atoms with Crippen LogP contribution in [0.15, 0.2) is 0 Å². The first-order chi connectivity index (χ1) is 6.29. The van der Waals surface area contributed by atoms with Gasteiger partial charge in [0.25, 0.3) is 0 Å². The van der Waals surface area contributed by atoms with Crippen LogP contribution in [0.25, 0.3) is 0 Å². The Labute approximate surface area is 80.1 Å². The minimum atomic E-state index is 0.323. The molecule has 0 saturated carbocycles. The fraction of sp³-hybridized carbons (Fsp3) is 1.00. The van der Waals surface area contributed by atoms with Crippen LogP contribution in [0.3, 0.4) is 0 Å². The van der Waals surface area contributed by atoms with E-state index in [0.717, 1.165) is 18.4 Å². The van der Waals surface area contributed by atoms with Crippen molar-refractivity contribution in [2.24, 2.45) is 17.8 Å². The van der Waals surface area contributed by atoms with Crippen molar-refractivity contribution in [1.82, 2.24) is 10.2 Å². The van der Waals surface area contributed by atoms with Gasteiger partial charge in [-0.15, -0.1) is 0 Å². The van der Waals surface area contributed by atoms with Crippen molar-refractivity contribution in [3.05, 3.63) is 0 Å². The topological polar surface area (TPSA) is 35.5 Å². The SMILES string of the molecule is CC(CO)CN1C[C@H]2CNC[C@H]2C1. The maximum absolute atomic E-state index is 8.96. The molecule has 76 valence electrons. The highest BCUT2D eigenvalue weighted by Gasteiger charge is 2.35. The van der Waals surface area contributed by atoms with E-state index >= 15 is 0 Å².